The molecule has 114 valence electrons. The minimum Gasteiger partial charge on any atom is -0.352 e. The number of hydrogen-bond donors (Lipinski definition) is 3. The molecule has 0 radical (unpaired) electrons. The van der Waals surface area contributed by atoms with Gasteiger partial charge in [-0.2, -0.15) is 0 Å². The highest BCUT2D eigenvalue weighted by molar-refractivity contribution is 5.97. The Morgan fingerprint density at radius 3 is 2.45 bits per heavy atom. The topological polar surface area (TPSA) is 84.2 Å². The second kappa shape index (κ2) is 7.26. The molecule has 0 saturated heterocycles. The molecule has 5 heteroatoms. The Hall–Kier alpha value is -2.82. The first-order valence-corrected chi connectivity index (χ1v) is 7.02. The zero-order valence-corrected chi connectivity index (χ0v) is 12.4. The van der Waals surface area contributed by atoms with E-state index in [2.05, 4.69) is 10.6 Å². The van der Waals surface area contributed by atoms with Crippen LogP contribution in [-0.4, -0.2) is 18.0 Å². The largest absolute Gasteiger partial charge is 0.352 e. The van der Waals surface area contributed by atoms with Crippen LogP contribution in [0.2, 0.25) is 0 Å². The minimum atomic E-state index is -0.722. The summed E-state index contributed by atoms with van der Waals surface area (Å²) in [7, 11) is 0. The van der Waals surface area contributed by atoms with Crippen LogP contribution in [0.1, 0.15) is 11.1 Å². The second-order valence-electron chi connectivity index (χ2n) is 5.11. The van der Waals surface area contributed by atoms with Gasteiger partial charge in [0.25, 0.3) is 0 Å². The predicted molar refractivity (Wildman–Crippen MR) is 86.5 cm³/mol. The van der Waals surface area contributed by atoms with Gasteiger partial charge >= 0.3 is 6.03 Å². The van der Waals surface area contributed by atoms with Crippen LogP contribution in [0, 0.1) is 6.92 Å². The van der Waals surface area contributed by atoms with Gasteiger partial charge in [0.15, 0.2) is 0 Å². The zero-order valence-electron chi connectivity index (χ0n) is 12.4. The molecule has 5 nitrogen and oxygen atoms in total. The summed E-state index contributed by atoms with van der Waals surface area (Å²) in [6.45, 7) is 1.94. The molecule has 3 amide bonds. The molecular weight excluding hydrogens is 278 g/mol. The van der Waals surface area contributed by atoms with Gasteiger partial charge in [-0.05, 0) is 30.2 Å². The van der Waals surface area contributed by atoms with E-state index in [9.17, 15) is 9.59 Å². The number of amides is 3. The van der Waals surface area contributed by atoms with E-state index >= 15 is 0 Å². The molecule has 0 aliphatic heterocycles. The minimum absolute atomic E-state index is 0.298. The molecule has 0 saturated carbocycles. The van der Waals surface area contributed by atoms with Crippen molar-refractivity contribution in [3.63, 3.8) is 0 Å². The van der Waals surface area contributed by atoms with Gasteiger partial charge in [-0.25, -0.2) is 4.79 Å². The zero-order chi connectivity index (χ0) is 15.9. The van der Waals surface area contributed by atoms with Gasteiger partial charge in [0.2, 0.25) is 5.91 Å². The lowest BCUT2D eigenvalue weighted by Gasteiger charge is -2.17. The summed E-state index contributed by atoms with van der Waals surface area (Å²) in [4.78, 5) is 23.5. The van der Waals surface area contributed by atoms with Gasteiger partial charge in [-0.15, -0.1) is 0 Å². The first kappa shape index (κ1) is 15.6. The Morgan fingerprint density at radius 2 is 1.82 bits per heavy atom. The lowest BCUT2D eigenvalue weighted by molar-refractivity contribution is -0.117. The number of primary amides is 1. The molecule has 22 heavy (non-hydrogen) atoms. The van der Waals surface area contributed by atoms with Gasteiger partial charge in [0.1, 0.15) is 6.04 Å². The van der Waals surface area contributed by atoms with Crippen molar-refractivity contribution in [2.24, 2.45) is 5.73 Å². The quantitative estimate of drug-likeness (QED) is 0.790. The van der Waals surface area contributed by atoms with Crippen molar-refractivity contribution in [1.82, 2.24) is 5.32 Å². The highest BCUT2D eigenvalue weighted by Gasteiger charge is 2.20. The molecule has 0 aliphatic rings. The summed E-state index contributed by atoms with van der Waals surface area (Å²) >= 11 is 0. The maximum Gasteiger partial charge on any atom is 0.312 e. The van der Waals surface area contributed by atoms with Crippen molar-refractivity contribution >= 4 is 17.6 Å². The highest BCUT2D eigenvalue weighted by atomic mass is 16.2. The van der Waals surface area contributed by atoms with Crippen LogP contribution in [0.3, 0.4) is 0 Å². The molecule has 1 unspecified atom stereocenters. The van der Waals surface area contributed by atoms with Crippen LogP contribution < -0.4 is 16.4 Å². The van der Waals surface area contributed by atoms with E-state index in [1.165, 1.54) is 0 Å². The van der Waals surface area contributed by atoms with E-state index in [1.54, 1.807) is 6.07 Å². The SMILES string of the molecule is Cc1cccc(NC(=O)C(Cc2ccccc2)NC(N)=O)c1. The number of nitrogens with one attached hydrogen (secondary N) is 2. The summed E-state index contributed by atoms with van der Waals surface area (Å²) < 4.78 is 0. The number of aryl methyl sites for hydroxylation is 1. The third-order valence-electron chi connectivity index (χ3n) is 3.20. The molecule has 0 heterocycles. The normalized spacial score (nSPS) is 11.5. The highest BCUT2D eigenvalue weighted by Crippen LogP contribution is 2.11. The molecular formula is C17H19N3O2. The van der Waals surface area contributed by atoms with E-state index in [-0.39, 0.29) is 5.91 Å². The number of hydrogen-bond acceptors (Lipinski definition) is 2. The molecule has 0 bridgehead atoms. The fourth-order valence-electron chi connectivity index (χ4n) is 2.18. The molecule has 0 fully saturated rings. The van der Waals surface area contributed by atoms with Crippen molar-refractivity contribution in [1.29, 1.82) is 0 Å². The summed E-state index contributed by atoms with van der Waals surface area (Å²) in [5.74, 6) is -0.298. The Morgan fingerprint density at radius 1 is 1.09 bits per heavy atom. The van der Waals surface area contributed by atoms with E-state index in [1.807, 2.05) is 55.5 Å². The number of carbonyl (C=O) groups is 2. The fourth-order valence-corrected chi connectivity index (χ4v) is 2.18. The van der Waals surface area contributed by atoms with Crippen molar-refractivity contribution in [2.45, 2.75) is 19.4 Å². The summed E-state index contributed by atoms with van der Waals surface area (Å²) in [6.07, 6.45) is 0.376. The number of nitrogens with two attached hydrogens (primary N) is 1. The summed E-state index contributed by atoms with van der Waals surface area (Å²) in [5, 5.41) is 5.29. The third-order valence-corrected chi connectivity index (χ3v) is 3.20. The first-order chi connectivity index (χ1) is 10.5. The van der Waals surface area contributed by atoms with Gasteiger partial charge in [0.05, 0.1) is 0 Å². The van der Waals surface area contributed by atoms with Crippen LogP contribution in [0.15, 0.2) is 54.6 Å². The standard InChI is InChI=1S/C17H19N3O2/c1-12-6-5-9-14(10-12)19-16(21)15(20-17(18)22)11-13-7-3-2-4-8-13/h2-10,15H,11H2,1H3,(H,19,21)(H3,18,20,22). The van der Waals surface area contributed by atoms with E-state index < -0.39 is 12.1 Å². The average molecular weight is 297 g/mol. The van der Waals surface area contributed by atoms with Crippen LogP contribution in [0.25, 0.3) is 0 Å². The van der Waals surface area contributed by atoms with E-state index in [4.69, 9.17) is 5.73 Å². The monoisotopic (exact) mass is 297 g/mol. The Kier molecular flexibility index (Phi) is 5.14. The van der Waals surface area contributed by atoms with Crippen molar-refractivity contribution in [3.8, 4) is 0 Å². The second-order valence-corrected chi connectivity index (χ2v) is 5.11. The lowest BCUT2D eigenvalue weighted by Crippen LogP contribution is -2.47. The van der Waals surface area contributed by atoms with Gasteiger partial charge < -0.3 is 16.4 Å². The first-order valence-electron chi connectivity index (χ1n) is 7.02. The van der Waals surface area contributed by atoms with Crippen LogP contribution >= 0.6 is 0 Å². The molecule has 1 atom stereocenters. The van der Waals surface area contributed by atoms with Gasteiger partial charge in [-0.3, -0.25) is 4.79 Å². The lowest BCUT2D eigenvalue weighted by atomic mass is 10.1. The summed E-state index contributed by atoms with van der Waals surface area (Å²) in [6, 6.07) is 15.5. The molecule has 2 aromatic rings. The van der Waals surface area contributed by atoms with Crippen molar-refractivity contribution < 1.29 is 9.59 Å². The van der Waals surface area contributed by atoms with E-state index in [0.29, 0.717) is 12.1 Å². The van der Waals surface area contributed by atoms with Crippen LogP contribution in [0.4, 0.5) is 10.5 Å². The summed E-state index contributed by atoms with van der Waals surface area (Å²) in [5.41, 5.74) is 7.85. The van der Waals surface area contributed by atoms with Crippen molar-refractivity contribution in [3.05, 3.63) is 65.7 Å². The van der Waals surface area contributed by atoms with Crippen LogP contribution in [-0.2, 0) is 11.2 Å². The number of carbonyl (C=O) groups excluding carboxylic acids is 2. The Labute approximate surface area is 129 Å². The molecule has 4 N–H and O–H groups in total. The number of benzene rings is 2. The number of rotatable bonds is 5. The van der Waals surface area contributed by atoms with Gasteiger partial charge in [0, 0.05) is 12.1 Å². The Balaban J connectivity index is 2.10. The maximum absolute atomic E-state index is 12.4. The average Bonchev–Trinajstić information content (AvgIpc) is 2.47. The third kappa shape index (κ3) is 4.63. The maximum atomic E-state index is 12.4. The molecule has 2 aromatic carbocycles. The van der Waals surface area contributed by atoms with Crippen molar-refractivity contribution in [2.75, 3.05) is 5.32 Å². The Bertz CT molecular complexity index is 656. The smallest absolute Gasteiger partial charge is 0.312 e. The van der Waals surface area contributed by atoms with E-state index in [0.717, 1.165) is 11.1 Å². The predicted octanol–water partition coefficient (Wildman–Crippen LogP) is 2.21. The fraction of sp³-hybridized carbons (Fsp3) is 0.176. The van der Waals surface area contributed by atoms with Crippen LogP contribution in [0.5, 0.6) is 0 Å². The molecule has 0 aromatic heterocycles. The number of urea groups is 1. The number of anilines is 1. The van der Waals surface area contributed by atoms with Gasteiger partial charge in [-0.1, -0.05) is 42.5 Å². The molecule has 2 rings (SSSR count). The molecule has 0 spiro atoms. The molecule has 0 aliphatic carbocycles.